The van der Waals surface area contributed by atoms with Gasteiger partial charge >= 0.3 is 0 Å². The minimum absolute atomic E-state index is 0.251. The molecule has 0 fully saturated rings. The van der Waals surface area contributed by atoms with Crippen molar-refractivity contribution in [3.05, 3.63) is 89.0 Å². The number of halogens is 1. The molecule has 0 bridgehead atoms. The van der Waals surface area contributed by atoms with Gasteiger partial charge in [0.05, 0.1) is 5.71 Å². The van der Waals surface area contributed by atoms with E-state index >= 15 is 0 Å². The summed E-state index contributed by atoms with van der Waals surface area (Å²) in [6, 6.07) is 17.7. The van der Waals surface area contributed by atoms with Crippen LogP contribution in [0.25, 0.3) is 6.08 Å². The lowest BCUT2D eigenvalue weighted by atomic mass is 9.95. The van der Waals surface area contributed by atoms with Gasteiger partial charge in [-0.05, 0) is 47.8 Å². The number of rotatable bonds is 6. The molecule has 0 saturated heterocycles. The summed E-state index contributed by atoms with van der Waals surface area (Å²) >= 11 is 5.89. The van der Waals surface area contributed by atoms with Crippen molar-refractivity contribution in [2.24, 2.45) is 10.9 Å². The smallest absolute Gasteiger partial charge is 0.137 e. The third-order valence-electron chi connectivity index (χ3n) is 4.38. The molecule has 3 heteroatoms. The number of aliphatic imine (C=N–C) groups is 1. The Balaban J connectivity index is 1.54. The van der Waals surface area contributed by atoms with E-state index in [2.05, 4.69) is 29.3 Å². The molecule has 0 amide bonds. The van der Waals surface area contributed by atoms with E-state index in [9.17, 15) is 4.79 Å². The van der Waals surface area contributed by atoms with E-state index in [4.69, 9.17) is 11.6 Å². The summed E-state index contributed by atoms with van der Waals surface area (Å²) in [6.45, 7) is 0.750. The van der Waals surface area contributed by atoms with Crippen LogP contribution in [0.5, 0.6) is 0 Å². The lowest BCUT2D eigenvalue weighted by molar-refractivity contribution is -0.119. The summed E-state index contributed by atoms with van der Waals surface area (Å²) in [4.78, 5) is 17.0. The van der Waals surface area contributed by atoms with E-state index in [-0.39, 0.29) is 11.7 Å². The molecule has 0 radical (unpaired) electrons. The van der Waals surface area contributed by atoms with Crippen molar-refractivity contribution in [3.8, 4) is 0 Å². The zero-order chi connectivity index (χ0) is 18.2. The van der Waals surface area contributed by atoms with Crippen molar-refractivity contribution in [2.75, 3.05) is 6.54 Å². The molecule has 0 aromatic heterocycles. The molecule has 2 aromatic rings. The summed E-state index contributed by atoms with van der Waals surface area (Å²) < 4.78 is 0. The first-order valence-corrected chi connectivity index (χ1v) is 9.29. The Bertz CT molecular complexity index is 819. The largest absolute Gasteiger partial charge is 0.299 e. The quantitative estimate of drug-likeness (QED) is 0.659. The number of allylic oxidation sites excluding steroid dienone is 3. The van der Waals surface area contributed by atoms with Gasteiger partial charge in [-0.2, -0.15) is 0 Å². The second kappa shape index (κ2) is 9.30. The van der Waals surface area contributed by atoms with E-state index in [1.165, 1.54) is 0 Å². The van der Waals surface area contributed by atoms with Crippen molar-refractivity contribution < 1.29 is 4.79 Å². The van der Waals surface area contributed by atoms with Crippen molar-refractivity contribution in [2.45, 2.75) is 19.3 Å². The molecule has 0 saturated carbocycles. The molecular formula is C23H22ClNO. The molecular weight excluding hydrogens is 342 g/mol. The van der Waals surface area contributed by atoms with Crippen LogP contribution in [-0.4, -0.2) is 18.0 Å². The van der Waals surface area contributed by atoms with Crippen LogP contribution in [0.2, 0.25) is 5.02 Å². The van der Waals surface area contributed by atoms with Crippen LogP contribution >= 0.6 is 11.6 Å². The molecule has 1 aliphatic heterocycles. The van der Waals surface area contributed by atoms with Gasteiger partial charge in [0.15, 0.2) is 0 Å². The Kier molecular flexibility index (Phi) is 6.56. The average molecular weight is 364 g/mol. The highest BCUT2D eigenvalue weighted by molar-refractivity contribution is 6.30. The number of hydrogen-bond acceptors (Lipinski definition) is 2. The number of benzene rings is 2. The van der Waals surface area contributed by atoms with Gasteiger partial charge in [0.25, 0.3) is 0 Å². The fraction of sp³-hybridized carbons (Fsp3) is 0.217. The van der Waals surface area contributed by atoms with Crippen LogP contribution in [0.3, 0.4) is 0 Å². The fourth-order valence-corrected chi connectivity index (χ4v) is 3.09. The zero-order valence-corrected chi connectivity index (χ0v) is 15.4. The molecule has 132 valence electrons. The third-order valence-corrected chi connectivity index (χ3v) is 4.64. The molecule has 1 heterocycles. The Morgan fingerprint density at radius 2 is 1.85 bits per heavy atom. The fourth-order valence-electron chi connectivity index (χ4n) is 2.96. The summed E-state index contributed by atoms with van der Waals surface area (Å²) in [5, 5.41) is 0.695. The van der Waals surface area contributed by atoms with Gasteiger partial charge in [-0.15, -0.1) is 0 Å². The number of ketones is 1. The number of carbonyl (C=O) groups excluding carboxylic acids is 1. The van der Waals surface area contributed by atoms with Crippen LogP contribution in [0, 0.1) is 5.92 Å². The van der Waals surface area contributed by atoms with Gasteiger partial charge < -0.3 is 0 Å². The summed E-state index contributed by atoms with van der Waals surface area (Å²) in [7, 11) is 0. The van der Waals surface area contributed by atoms with E-state index in [1.54, 1.807) is 0 Å². The van der Waals surface area contributed by atoms with Crippen molar-refractivity contribution >= 4 is 29.2 Å². The Labute approximate surface area is 159 Å². The van der Waals surface area contributed by atoms with Crippen molar-refractivity contribution in [1.82, 2.24) is 0 Å². The Hall–Kier alpha value is -2.45. The highest BCUT2D eigenvalue weighted by Crippen LogP contribution is 2.17. The number of Topliss-reactive ketones (excluding diaryl/α,β-unsaturated/α-hetero) is 1. The van der Waals surface area contributed by atoms with Crippen molar-refractivity contribution in [1.29, 1.82) is 0 Å². The molecule has 1 aliphatic rings. The normalized spacial score (nSPS) is 17.1. The lowest BCUT2D eigenvalue weighted by Gasteiger charge is -2.09. The van der Waals surface area contributed by atoms with Crippen LogP contribution < -0.4 is 0 Å². The van der Waals surface area contributed by atoms with Gasteiger partial charge in [-0.3, -0.25) is 9.79 Å². The van der Waals surface area contributed by atoms with Crippen LogP contribution in [0.15, 0.2) is 77.8 Å². The second-order valence-electron chi connectivity index (χ2n) is 6.50. The summed E-state index contributed by atoms with van der Waals surface area (Å²) in [5.74, 6) is 0.506. The molecule has 1 unspecified atom stereocenters. The molecule has 2 aromatic carbocycles. The molecule has 0 N–H and O–H groups in total. The third kappa shape index (κ3) is 5.82. The first-order valence-electron chi connectivity index (χ1n) is 8.91. The number of nitrogens with zero attached hydrogens (tertiary/aromatic N) is 1. The van der Waals surface area contributed by atoms with Crippen LogP contribution in [0.4, 0.5) is 0 Å². The number of carbonyl (C=O) groups is 1. The van der Waals surface area contributed by atoms with E-state index in [1.807, 2.05) is 54.6 Å². The minimum atomic E-state index is 0.251. The van der Waals surface area contributed by atoms with E-state index < -0.39 is 0 Å². The molecule has 26 heavy (non-hydrogen) atoms. The topological polar surface area (TPSA) is 29.4 Å². The molecule has 1 atom stereocenters. The van der Waals surface area contributed by atoms with Gasteiger partial charge in [0.1, 0.15) is 5.78 Å². The summed E-state index contributed by atoms with van der Waals surface area (Å²) in [6.07, 6.45) is 10.2. The van der Waals surface area contributed by atoms with Crippen LogP contribution in [0.1, 0.15) is 24.0 Å². The summed E-state index contributed by atoms with van der Waals surface area (Å²) in [5.41, 5.74) is 3.13. The van der Waals surface area contributed by atoms with Crippen LogP contribution in [-0.2, 0) is 11.2 Å². The van der Waals surface area contributed by atoms with Gasteiger partial charge in [-0.1, -0.05) is 66.2 Å². The first-order chi connectivity index (χ1) is 12.7. The van der Waals surface area contributed by atoms with E-state index in [0.717, 1.165) is 29.8 Å². The SMILES string of the molecule is O=C(Cc1ccc(Cl)cc1)CC1C=CC(/C=C/c2ccccc2)=NCC1. The average Bonchev–Trinajstić information content (AvgIpc) is 2.88. The predicted octanol–water partition coefficient (Wildman–Crippen LogP) is 5.57. The second-order valence-corrected chi connectivity index (χ2v) is 6.94. The highest BCUT2D eigenvalue weighted by atomic mass is 35.5. The molecule has 0 spiro atoms. The maximum absolute atomic E-state index is 12.4. The van der Waals surface area contributed by atoms with Crippen molar-refractivity contribution in [3.63, 3.8) is 0 Å². The van der Waals surface area contributed by atoms with Gasteiger partial charge in [0, 0.05) is 24.4 Å². The molecule has 0 aliphatic carbocycles. The Morgan fingerprint density at radius 1 is 1.08 bits per heavy atom. The van der Waals surface area contributed by atoms with E-state index in [0.29, 0.717) is 17.9 Å². The van der Waals surface area contributed by atoms with Gasteiger partial charge in [0.2, 0.25) is 0 Å². The molecule has 2 nitrogen and oxygen atoms in total. The Morgan fingerprint density at radius 3 is 2.62 bits per heavy atom. The van der Waals surface area contributed by atoms with Gasteiger partial charge in [-0.25, -0.2) is 0 Å². The lowest BCUT2D eigenvalue weighted by Crippen LogP contribution is -2.09. The first kappa shape index (κ1) is 18.3. The minimum Gasteiger partial charge on any atom is -0.299 e. The molecule has 3 rings (SSSR count). The standard InChI is InChI=1S/C23H22ClNO/c24-21-10-6-19(7-11-21)16-23(26)17-20-9-13-22(25-15-14-20)12-8-18-4-2-1-3-5-18/h1-13,20H,14-17H2/b12-8+. The number of hydrogen-bond donors (Lipinski definition) is 0. The predicted molar refractivity (Wildman–Crippen MR) is 110 cm³/mol. The zero-order valence-electron chi connectivity index (χ0n) is 14.6. The maximum Gasteiger partial charge on any atom is 0.137 e. The highest BCUT2D eigenvalue weighted by Gasteiger charge is 2.13. The maximum atomic E-state index is 12.4. The monoisotopic (exact) mass is 363 g/mol.